The van der Waals surface area contributed by atoms with Gasteiger partial charge >= 0.3 is 0 Å². The van der Waals surface area contributed by atoms with Crippen LogP contribution in [0.15, 0.2) is 46.9 Å². The molecule has 0 heterocycles. The number of methoxy groups -OCH3 is 2. The molecule has 2 aromatic rings. The molecule has 0 aliphatic heterocycles. The third-order valence-corrected chi connectivity index (χ3v) is 5.28. The maximum absolute atomic E-state index is 12.7. The molecule has 5 heteroatoms. The van der Waals surface area contributed by atoms with E-state index in [-0.39, 0.29) is 11.3 Å². The van der Waals surface area contributed by atoms with Gasteiger partial charge in [-0.3, -0.25) is 4.79 Å². The Labute approximate surface area is 156 Å². The fraction of sp³-hybridized carbons (Fsp3) is 0.350. The van der Waals surface area contributed by atoms with Gasteiger partial charge in [-0.25, -0.2) is 0 Å². The van der Waals surface area contributed by atoms with E-state index < -0.39 is 0 Å². The molecule has 0 atom stereocenters. The highest BCUT2D eigenvalue weighted by Crippen LogP contribution is 2.48. The van der Waals surface area contributed by atoms with Crippen molar-refractivity contribution in [2.75, 3.05) is 20.8 Å². The number of ether oxygens (including phenoxy) is 2. The molecule has 1 aliphatic carbocycles. The summed E-state index contributed by atoms with van der Waals surface area (Å²) in [5.41, 5.74) is 1.77. The maximum Gasteiger partial charge on any atom is 0.230 e. The van der Waals surface area contributed by atoms with Gasteiger partial charge in [0.25, 0.3) is 0 Å². The van der Waals surface area contributed by atoms with E-state index >= 15 is 0 Å². The Balaban J connectivity index is 1.62. The highest BCUT2D eigenvalue weighted by atomic mass is 79.9. The predicted octanol–water partition coefficient (Wildman–Crippen LogP) is 3.86. The van der Waals surface area contributed by atoms with E-state index in [4.69, 9.17) is 9.47 Å². The Kier molecular flexibility index (Phi) is 5.33. The summed E-state index contributed by atoms with van der Waals surface area (Å²) in [6.07, 6.45) is 2.51. The Morgan fingerprint density at radius 1 is 1.12 bits per heavy atom. The van der Waals surface area contributed by atoms with Gasteiger partial charge in [-0.1, -0.05) is 28.1 Å². The second-order valence-electron chi connectivity index (χ2n) is 6.27. The molecule has 2 aromatic carbocycles. The van der Waals surface area contributed by atoms with Gasteiger partial charge in [0, 0.05) is 11.0 Å². The normalized spacial score (nSPS) is 14.7. The van der Waals surface area contributed by atoms with Crippen molar-refractivity contribution in [2.24, 2.45) is 0 Å². The predicted molar refractivity (Wildman–Crippen MR) is 101 cm³/mol. The molecule has 0 aromatic heterocycles. The van der Waals surface area contributed by atoms with Gasteiger partial charge in [0.2, 0.25) is 5.91 Å². The summed E-state index contributed by atoms with van der Waals surface area (Å²) in [6.45, 7) is 0.570. The van der Waals surface area contributed by atoms with Gasteiger partial charge in [-0.15, -0.1) is 0 Å². The van der Waals surface area contributed by atoms with Gasteiger partial charge in [-0.05, 0) is 60.7 Å². The number of hydrogen-bond donors (Lipinski definition) is 1. The molecule has 3 rings (SSSR count). The van der Waals surface area contributed by atoms with Crippen molar-refractivity contribution >= 4 is 21.8 Å². The second kappa shape index (κ2) is 7.48. The largest absolute Gasteiger partial charge is 0.497 e. The lowest BCUT2D eigenvalue weighted by Gasteiger charge is -2.16. The van der Waals surface area contributed by atoms with Crippen LogP contribution in [0.1, 0.15) is 24.0 Å². The molecule has 1 fully saturated rings. The first-order chi connectivity index (χ1) is 12.1. The molecule has 0 saturated heterocycles. The van der Waals surface area contributed by atoms with Crippen LogP contribution in [0.3, 0.4) is 0 Å². The van der Waals surface area contributed by atoms with Crippen LogP contribution in [-0.4, -0.2) is 26.7 Å². The fourth-order valence-electron chi connectivity index (χ4n) is 3.10. The quantitative estimate of drug-likeness (QED) is 0.763. The lowest BCUT2D eigenvalue weighted by Crippen LogP contribution is -2.35. The monoisotopic (exact) mass is 403 g/mol. The van der Waals surface area contributed by atoms with E-state index in [2.05, 4.69) is 21.2 Å². The standard InChI is InChI=1S/C20H22BrNO3/c1-24-17-7-8-18(25-2)14(13-17)9-12-22-19(23)20(10-11-20)15-3-5-16(21)6-4-15/h3-8,13H,9-12H2,1-2H3,(H,22,23). The first kappa shape index (κ1) is 17.8. The fourth-order valence-corrected chi connectivity index (χ4v) is 3.36. The molecule has 132 valence electrons. The van der Waals surface area contributed by atoms with Crippen molar-refractivity contribution < 1.29 is 14.3 Å². The van der Waals surface area contributed by atoms with Crippen LogP contribution >= 0.6 is 15.9 Å². The third-order valence-electron chi connectivity index (χ3n) is 4.75. The summed E-state index contributed by atoms with van der Waals surface area (Å²) in [7, 11) is 3.29. The van der Waals surface area contributed by atoms with Gasteiger partial charge < -0.3 is 14.8 Å². The summed E-state index contributed by atoms with van der Waals surface area (Å²) in [5.74, 6) is 1.71. The average Bonchev–Trinajstić information content (AvgIpc) is 3.44. The summed E-state index contributed by atoms with van der Waals surface area (Å²) in [4.78, 5) is 12.7. The van der Waals surface area contributed by atoms with Crippen LogP contribution in [0.5, 0.6) is 11.5 Å². The smallest absolute Gasteiger partial charge is 0.230 e. The highest BCUT2D eigenvalue weighted by Gasteiger charge is 2.50. The van der Waals surface area contributed by atoms with Crippen molar-refractivity contribution in [1.29, 1.82) is 0 Å². The molecule has 0 unspecified atom stereocenters. The molecule has 1 aliphatic rings. The average molecular weight is 404 g/mol. The molecule has 0 spiro atoms. The summed E-state index contributed by atoms with van der Waals surface area (Å²) in [6, 6.07) is 13.7. The Hall–Kier alpha value is -2.01. The van der Waals surface area contributed by atoms with Gasteiger partial charge in [0.1, 0.15) is 11.5 Å². The first-order valence-corrected chi connectivity index (χ1v) is 9.13. The zero-order valence-corrected chi connectivity index (χ0v) is 16.1. The van der Waals surface area contributed by atoms with Crippen LogP contribution in [0, 0.1) is 0 Å². The van der Waals surface area contributed by atoms with E-state index in [1.807, 2.05) is 42.5 Å². The molecule has 4 nitrogen and oxygen atoms in total. The molecule has 1 saturated carbocycles. The summed E-state index contributed by atoms with van der Waals surface area (Å²) in [5, 5.41) is 3.09. The molecule has 0 radical (unpaired) electrons. The van der Waals surface area contributed by atoms with E-state index in [9.17, 15) is 4.79 Å². The molecular formula is C20H22BrNO3. The lowest BCUT2D eigenvalue weighted by molar-refractivity contribution is -0.123. The van der Waals surface area contributed by atoms with Crippen molar-refractivity contribution in [1.82, 2.24) is 5.32 Å². The zero-order valence-electron chi connectivity index (χ0n) is 14.5. The number of carbonyl (C=O) groups is 1. The molecule has 0 bridgehead atoms. The highest BCUT2D eigenvalue weighted by molar-refractivity contribution is 9.10. The number of rotatable bonds is 7. The Morgan fingerprint density at radius 2 is 1.84 bits per heavy atom. The van der Waals surface area contributed by atoms with Crippen LogP contribution in [-0.2, 0) is 16.6 Å². The third kappa shape index (κ3) is 3.82. The van der Waals surface area contributed by atoms with Crippen LogP contribution in [0.2, 0.25) is 0 Å². The van der Waals surface area contributed by atoms with Gasteiger partial charge in [-0.2, -0.15) is 0 Å². The second-order valence-corrected chi connectivity index (χ2v) is 7.19. The number of benzene rings is 2. The van der Waals surface area contributed by atoms with Crippen molar-refractivity contribution in [3.05, 3.63) is 58.1 Å². The van der Waals surface area contributed by atoms with Gasteiger partial charge in [0.15, 0.2) is 0 Å². The Morgan fingerprint density at radius 3 is 2.44 bits per heavy atom. The van der Waals surface area contributed by atoms with Crippen LogP contribution in [0.25, 0.3) is 0 Å². The molecule has 25 heavy (non-hydrogen) atoms. The van der Waals surface area contributed by atoms with Crippen LogP contribution in [0.4, 0.5) is 0 Å². The SMILES string of the molecule is COc1ccc(OC)c(CCNC(=O)C2(c3ccc(Br)cc3)CC2)c1. The minimum Gasteiger partial charge on any atom is -0.497 e. The minimum atomic E-state index is -0.348. The topological polar surface area (TPSA) is 47.6 Å². The van der Waals surface area contributed by atoms with E-state index in [1.54, 1.807) is 14.2 Å². The maximum atomic E-state index is 12.7. The van der Waals surface area contributed by atoms with Crippen molar-refractivity contribution in [3.63, 3.8) is 0 Å². The number of halogens is 1. The van der Waals surface area contributed by atoms with E-state index in [1.165, 1.54) is 0 Å². The number of amides is 1. The first-order valence-electron chi connectivity index (χ1n) is 8.34. The molecule has 1 amide bonds. The zero-order chi connectivity index (χ0) is 17.9. The number of nitrogens with one attached hydrogen (secondary N) is 1. The van der Waals surface area contributed by atoms with Crippen molar-refractivity contribution in [3.8, 4) is 11.5 Å². The minimum absolute atomic E-state index is 0.108. The summed E-state index contributed by atoms with van der Waals surface area (Å²) >= 11 is 3.44. The number of carbonyl (C=O) groups excluding carboxylic acids is 1. The van der Waals surface area contributed by atoms with E-state index in [0.29, 0.717) is 13.0 Å². The molecule has 1 N–H and O–H groups in total. The molecular weight excluding hydrogens is 382 g/mol. The van der Waals surface area contributed by atoms with Gasteiger partial charge in [0.05, 0.1) is 19.6 Å². The van der Waals surface area contributed by atoms with Crippen molar-refractivity contribution in [2.45, 2.75) is 24.7 Å². The lowest BCUT2D eigenvalue weighted by atomic mass is 9.95. The Bertz CT molecular complexity index is 754. The number of hydrogen-bond acceptors (Lipinski definition) is 3. The summed E-state index contributed by atoms with van der Waals surface area (Å²) < 4.78 is 11.7. The van der Waals surface area contributed by atoms with Crippen LogP contribution < -0.4 is 14.8 Å². The van der Waals surface area contributed by atoms with E-state index in [0.717, 1.165) is 39.9 Å².